The molecule has 0 fully saturated rings. The van der Waals surface area contributed by atoms with Crippen LogP contribution in [-0.4, -0.2) is 56.1 Å². The molecular formula is C29H40N6O4S. The van der Waals surface area contributed by atoms with Crippen molar-refractivity contribution < 1.29 is 18.3 Å². The van der Waals surface area contributed by atoms with Crippen molar-refractivity contribution in [3.05, 3.63) is 78.0 Å². The first-order valence-electron chi connectivity index (χ1n) is 13.5. The van der Waals surface area contributed by atoms with E-state index in [0.717, 1.165) is 31.2 Å². The second-order valence-corrected chi connectivity index (χ2v) is 11.4. The van der Waals surface area contributed by atoms with Gasteiger partial charge in [0.1, 0.15) is 5.82 Å². The topological polar surface area (TPSA) is 150 Å². The summed E-state index contributed by atoms with van der Waals surface area (Å²) in [4.78, 5) is 18.1. The quantitative estimate of drug-likeness (QED) is 0.171. The Labute approximate surface area is 237 Å². The van der Waals surface area contributed by atoms with Crippen LogP contribution in [0.3, 0.4) is 0 Å². The van der Waals surface area contributed by atoms with Gasteiger partial charge in [-0.05, 0) is 67.4 Å². The first-order valence-corrected chi connectivity index (χ1v) is 15.0. The van der Waals surface area contributed by atoms with Crippen LogP contribution < -0.4 is 21.1 Å². The van der Waals surface area contributed by atoms with Gasteiger partial charge in [-0.15, -0.1) is 0 Å². The molecule has 0 saturated heterocycles. The fourth-order valence-electron chi connectivity index (χ4n) is 3.97. The van der Waals surface area contributed by atoms with Crippen molar-refractivity contribution >= 4 is 33.2 Å². The first kappa shape index (κ1) is 30.9. The van der Waals surface area contributed by atoms with E-state index in [2.05, 4.69) is 27.3 Å². The molecule has 0 aliphatic carbocycles. The molecule has 216 valence electrons. The number of rotatable bonds is 15. The van der Waals surface area contributed by atoms with Gasteiger partial charge in [0.05, 0.1) is 11.0 Å². The summed E-state index contributed by atoms with van der Waals surface area (Å²) in [5.74, 6) is 0.407. The minimum Gasteiger partial charge on any atom is -0.387 e. The summed E-state index contributed by atoms with van der Waals surface area (Å²) in [6.07, 6.45) is 5.91. The Morgan fingerprint density at radius 2 is 1.70 bits per heavy atom. The number of urea groups is 1. The van der Waals surface area contributed by atoms with Gasteiger partial charge in [0.15, 0.2) is 0 Å². The number of hydrogen-bond acceptors (Lipinski definition) is 7. The van der Waals surface area contributed by atoms with Gasteiger partial charge in [0.2, 0.25) is 0 Å². The van der Waals surface area contributed by atoms with E-state index in [-0.39, 0.29) is 10.9 Å². The third kappa shape index (κ3) is 9.82. The number of pyridine rings is 1. The van der Waals surface area contributed by atoms with Gasteiger partial charge in [-0.2, -0.15) is 0 Å². The predicted molar refractivity (Wildman–Crippen MR) is 160 cm³/mol. The number of carbonyl (C=O) groups excluding carboxylic acids is 1. The number of nitrogen functional groups attached to an aromatic ring is 1. The zero-order valence-electron chi connectivity index (χ0n) is 23.1. The molecule has 0 aliphatic heterocycles. The minimum absolute atomic E-state index is 0.0987. The largest absolute Gasteiger partial charge is 0.387 e. The maximum Gasteiger partial charge on any atom is 0.321 e. The standard InChI is InChI=1S/C29H40N6O4S/c1-3-4-5-6-19-35(2)29(37)33-24-12-14-26(15-13-24)40(38,39)34-25-10-7-22(8-11-25)17-18-31-21-27(36)23-9-16-28(30)32-20-23/h7-16,20,27,31,34,36H,3-6,17-19,21H2,1-2H3,(H2,30,32)(H,33,37). The lowest BCUT2D eigenvalue weighted by atomic mass is 10.1. The normalized spacial score (nSPS) is 12.1. The van der Waals surface area contributed by atoms with Gasteiger partial charge in [-0.3, -0.25) is 4.72 Å². The second kappa shape index (κ2) is 15.2. The van der Waals surface area contributed by atoms with Crippen LogP contribution in [0, 0.1) is 0 Å². The summed E-state index contributed by atoms with van der Waals surface area (Å²) in [6.45, 7) is 3.83. The lowest BCUT2D eigenvalue weighted by Gasteiger charge is -2.18. The molecule has 1 heterocycles. The van der Waals surface area contributed by atoms with E-state index < -0.39 is 16.1 Å². The highest BCUT2D eigenvalue weighted by molar-refractivity contribution is 7.92. The average Bonchev–Trinajstić information content (AvgIpc) is 2.94. The van der Waals surface area contributed by atoms with Crippen LogP contribution >= 0.6 is 0 Å². The van der Waals surface area contributed by atoms with Crippen LogP contribution in [-0.2, 0) is 16.4 Å². The summed E-state index contributed by atoms with van der Waals surface area (Å²) in [5, 5.41) is 16.2. The summed E-state index contributed by atoms with van der Waals surface area (Å²) in [5.41, 5.74) is 8.26. The predicted octanol–water partition coefficient (Wildman–Crippen LogP) is 4.37. The van der Waals surface area contributed by atoms with Crippen molar-refractivity contribution in [2.45, 2.75) is 50.0 Å². The number of carbonyl (C=O) groups is 1. The van der Waals surface area contributed by atoms with E-state index in [9.17, 15) is 18.3 Å². The van der Waals surface area contributed by atoms with Gasteiger partial charge < -0.3 is 26.4 Å². The van der Waals surface area contributed by atoms with E-state index in [1.54, 1.807) is 54.5 Å². The summed E-state index contributed by atoms with van der Waals surface area (Å²) in [7, 11) is -2.04. The summed E-state index contributed by atoms with van der Waals surface area (Å²) >= 11 is 0. The number of anilines is 3. The van der Waals surface area contributed by atoms with Crippen LogP contribution in [0.1, 0.15) is 49.8 Å². The lowest BCUT2D eigenvalue weighted by molar-refractivity contribution is 0.175. The van der Waals surface area contributed by atoms with Crippen molar-refractivity contribution in [1.82, 2.24) is 15.2 Å². The second-order valence-electron chi connectivity index (χ2n) is 9.73. The Bertz CT molecular complexity index is 1300. The molecule has 2 amide bonds. The van der Waals surface area contributed by atoms with Crippen molar-refractivity contribution in [3.8, 4) is 0 Å². The van der Waals surface area contributed by atoms with Crippen molar-refractivity contribution in [2.75, 3.05) is 42.5 Å². The Hall–Kier alpha value is -3.67. The molecule has 0 radical (unpaired) electrons. The summed E-state index contributed by atoms with van der Waals surface area (Å²) in [6, 6.07) is 16.4. The van der Waals surface area contributed by atoms with E-state index in [1.165, 1.54) is 12.1 Å². The van der Waals surface area contributed by atoms with Crippen LogP contribution in [0.15, 0.2) is 71.8 Å². The molecule has 1 atom stereocenters. The molecule has 3 rings (SSSR count). The Balaban J connectivity index is 1.44. The van der Waals surface area contributed by atoms with Crippen LogP contribution in [0.2, 0.25) is 0 Å². The molecule has 40 heavy (non-hydrogen) atoms. The van der Waals surface area contributed by atoms with Crippen molar-refractivity contribution in [2.24, 2.45) is 0 Å². The van der Waals surface area contributed by atoms with Crippen molar-refractivity contribution in [3.63, 3.8) is 0 Å². The molecule has 6 N–H and O–H groups in total. The average molecular weight is 569 g/mol. The maximum absolute atomic E-state index is 12.9. The number of sulfonamides is 1. The monoisotopic (exact) mass is 568 g/mol. The fraction of sp³-hybridized carbons (Fsp3) is 0.379. The molecule has 1 aromatic heterocycles. The van der Waals surface area contributed by atoms with Gasteiger partial charge in [0.25, 0.3) is 10.0 Å². The lowest BCUT2D eigenvalue weighted by Crippen LogP contribution is -2.32. The molecule has 0 spiro atoms. The van der Waals surface area contributed by atoms with Crippen molar-refractivity contribution in [1.29, 1.82) is 0 Å². The highest BCUT2D eigenvalue weighted by atomic mass is 32.2. The van der Waals surface area contributed by atoms with Crippen LogP contribution in [0.25, 0.3) is 0 Å². The molecule has 3 aromatic rings. The fourth-order valence-corrected chi connectivity index (χ4v) is 5.03. The molecule has 2 aromatic carbocycles. The number of unbranched alkanes of at least 4 members (excludes halogenated alkanes) is 3. The van der Waals surface area contributed by atoms with Gasteiger partial charge >= 0.3 is 6.03 Å². The van der Waals surface area contributed by atoms with E-state index >= 15 is 0 Å². The molecule has 1 unspecified atom stereocenters. The molecule has 0 saturated carbocycles. The number of nitrogens with zero attached hydrogens (tertiary/aromatic N) is 2. The summed E-state index contributed by atoms with van der Waals surface area (Å²) < 4.78 is 28.3. The van der Waals surface area contributed by atoms with Crippen LogP contribution in [0.5, 0.6) is 0 Å². The number of aliphatic hydroxyl groups is 1. The van der Waals surface area contributed by atoms with E-state index in [1.807, 2.05) is 12.1 Å². The molecule has 10 nitrogen and oxygen atoms in total. The first-order chi connectivity index (χ1) is 19.2. The van der Waals surface area contributed by atoms with Crippen LogP contribution in [0.4, 0.5) is 22.0 Å². The van der Waals surface area contributed by atoms with Gasteiger partial charge in [-0.25, -0.2) is 18.2 Å². The maximum atomic E-state index is 12.9. The highest BCUT2D eigenvalue weighted by Gasteiger charge is 2.15. The number of aromatic nitrogens is 1. The van der Waals surface area contributed by atoms with Gasteiger partial charge in [-0.1, -0.05) is 44.4 Å². The Kier molecular flexibility index (Phi) is 11.7. The zero-order valence-corrected chi connectivity index (χ0v) is 24.0. The number of nitrogens with one attached hydrogen (secondary N) is 3. The third-order valence-electron chi connectivity index (χ3n) is 6.44. The third-order valence-corrected chi connectivity index (χ3v) is 7.84. The zero-order chi connectivity index (χ0) is 29.0. The van der Waals surface area contributed by atoms with E-state index in [4.69, 9.17) is 5.73 Å². The number of nitrogens with two attached hydrogens (primary N) is 1. The smallest absolute Gasteiger partial charge is 0.321 e. The number of benzene rings is 2. The Morgan fingerprint density at radius 1 is 1.00 bits per heavy atom. The molecule has 11 heteroatoms. The molecular weight excluding hydrogens is 528 g/mol. The van der Waals surface area contributed by atoms with Gasteiger partial charge in [0, 0.05) is 43.3 Å². The number of hydrogen-bond donors (Lipinski definition) is 5. The van der Waals surface area contributed by atoms with E-state index in [0.29, 0.717) is 48.8 Å². The highest BCUT2D eigenvalue weighted by Crippen LogP contribution is 2.19. The SMILES string of the molecule is CCCCCCN(C)C(=O)Nc1ccc(S(=O)(=O)Nc2ccc(CCNCC(O)c3ccc(N)nc3)cc2)cc1. The number of amides is 2. The number of aliphatic hydroxyl groups excluding tert-OH is 1. The Morgan fingerprint density at radius 3 is 2.35 bits per heavy atom. The molecule has 0 aliphatic rings. The molecule has 0 bridgehead atoms. The minimum atomic E-state index is -3.79.